The highest BCUT2D eigenvalue weighted by Crippen LogP contribution is 2.29. The maximum atomic E-state index is 12.1. The summed E-state index contributed by atoms with van der Waals surface area (Å²) in [6.45, 7) is 8.03. The molecule has 4 nitrogen and oxygen atoms in total. The van der Waals surface area contributed by atoms with Gasteiger partial charge in [-0.15, -0.1) is 0 Å². The van der Waals surface area contributed by atoms with Gasteiger partial charge in [-0.3, -0.25) is 9.59 Å². The van der Waals surface area contributed by atoms with Gasteiger partial charge in [0.05, 0.1) is 6.67 Å². The predicted molar refractivity (Wildman–Crippen MR) is 92.6 cm³/mol. The quantitative estimate of drug-likeness (QED) is 0.582. The van der Waals surface area contributed by atoms with E-state index in [0.29, 0.717) is 23.0 Å². The van der Waals surface area contributed by atoms with Crippen molar-refractivity contribution in [3.63, 3.8) is 0 Å². The van der Waals surface area contributed by atoms with Crippen molar-refractivity contribution in [2.45, 2.75) is 64.2 Å². The molecule has 128 valence electrons. The summed E-state index contributed by atoms with van der Waals surface area (Å²) < 4.78 is 0. The van der Waals surface area contributed by atoms with E-state index in [-0.39, 0.29) is 18.5 Å². The lowest BCUT2D eigenvalue weighted by molar-refractivity contribution is -0.119. The monoisotopic (exact) mass is 318 g/mol. The first-order chi connectivity index (χ1) is 11.1. The first-order valence-corrected chi connectivity index (χ1v) is 9.03. The minimum absolute atomic E-state index is 0.138. The van der Waals surface area contributed by atoms with Gasteiger partial charge in [-0.2, -0.15) is 0 Å². The van der Waals surface area contributed by atoms with Crippen molar-refractivity contribution < 1.29 is 9.59 Å². The molecule has 2 aliphatic rings. The molecule has 23 heavy (non-hydrogen) atoms. The lowest BCUT2D eigenvalue weighted by atomic mass is 9.84. The second kappa shape index (κ2) is 8.90. The van der Waals surface area contributed by atoms with Crippen LogP contribution in [-0.4, -0.2) is 18.5 Å². The van der Waals surface area contributed by atoms with Crippen LogP contribution in [0.5, 0.6) is 0 Å². The zero-order valence-corrected chi connectivity index (χ0v) is 14.2. The molecule has 0 aromatic carbocycles. The molecule has 2 rings (SSSR count). The van der Waals surface area contributed by atoms with Gasteiger partial charge in [0.1, 0.15) is 0 Å². The Balaban J connectivity index is 1.68. The van der Waals surface area contributed by atoms with Crippen LogP contribution in [0.3, 0.4) is 0 Å². The van der Waals surface area contributed by atoms with Crippen LogP contribution in [0.2, 0.25) is 0 Å². The molecule has 0 saturated heterocycles. The Kier molecular flexibility index (Phi) is 6.87. The molecule has 0 unspecified atom stereocenters. The number of hydrogen-bond donors (Lipinski definition) is 2. The van der Waals surface area contributed by atoms with Crippen molar-refractivity contribution in [1.29, 1.82) is 0 Å². The summed E-state index contributed by atoms with van der Waals surface area (Å²) in [4.78, 5) is 24.2. The van der Waals surface area contributed by atoms with Gasteiger partial charge >= 0.3 is 0 Å². The molecule has 0 spiro atoms. The number of carbonyl (C=O) groups excluding carboxylic acids is 2. The SMILES string of the molecule is C=C(C(=O)NCNC(=O)C(=C)C1CCCCC1)C1CCCCC1. The highest BCUT2D eigenvalue weighted by molar-refractivity contribution is 5.95. The third kappa shape index (κ3) is 5.22. The molecule has 0 bridgehead atoms. The third-order valence-corrected chi connectivity index (χ3v) is 5.28. The second-order valence-electron chi connectivity index (χ2n) is 6.91. The summed E-state index contributed by atoms with van der Waals surface area (Å²) in [7, 11) is 0. The smallest absolute Gasteiger partial charge is 0.248 e. The molecule has 0 heterocycles. The minimum Gasteiger partial charge on any atom is -0.335 e. The van der Waals surface area contributed by atoms with Gasteiger partial charge in [-0.25, -0.2) is 0 Å². The molecule has 0 radical (unpaired) electrons. The van der Waals surface area contributed by atoms with Crippen LogP contribution in [0.25, 0.3) is 0 Å². The van der Waals surface area contributed by atoms with Crippen molar-refractivity contribution in [2.24, 2.45) is 11.8 Å². The number of rotatable bonds is 6. The molecule has 2 aliphatic carbocycles. The Labute approximate surface area is 139 Å². The second-order valence-corrected chi connectivity index (χ2v) is 6.91. The van der Waals surface area contributed by atoms with Gasteiger partial charge in [-0.1, -0.05) is 51.7 Å². The zero-order chi connectivity index (χ0) is 16.7. The fourth-order valence-corrected chi connectivity index (χ4v) is 3.70. The van der Waals surface area contributed by atoms with Gasteiger partial charge in [0.25, 0.3) is 0 Å². The van der Waals surface area contributed by atoms with E-state index in [1.54, 1.807) is 0 Å². The standard InChI is InChI=1S/C19H30N2O2/c1-14(16-9-5-3-6-10-16)18(22)20-13-21-19(23)15(2)17-11-7-4-8-12-17/h16-17H,1-13H2,(H,20,22)(H,21,23). The van der Waals surface area contributed by atoms with Crippen molar-refractivity contribution in [3.05, 3.63) is 24.3 Å². The summed E-state index contributed by atoms with van der Waals surface area (Å²) in [5.41, 5.74) is 1.31. The fraction of sp³-hybridized carbons (Fsp3) is 0.684. The van der Waals surface area contributed by atoms with Crippen LogP contribution >= 0.6 is 0 Å². The fourth-order valence-electron chi connectivity index (χ4n) is 3.70. The maximum absolute atomic E-state index is 12.1. The van der Waals surface area contributed by atoms with Crippen molar-refractivity contribution in [2.75, 3.05) is 6.67 Å². The van der Waals surface area contributed by atoms with E-state index in [4.69, 9.17) is 0 Å². The topological polar surface area (TPSA) is 58.2 Å². The van der Waals surface area contributed by atoms with Crippen LogP contribution in [0.4, 0.5) is 0 Å². The molecular weight excluding hydrogens is 288 g/mol. The lowest BCUT2D eigenvalue weighted by Crippen LogP contribution is -2.40. The molecule has 0 aliphatic heterocycles. The van der Waals surface area contributed by atoms with E-state index >= 15 is 0 Å². The van der Waals surface area contributed by atoms with Gasteiger partial charge in [0, 0.05) is 11.1 Å². The molecule has 0 atom stereocenters. The lowest BCUT2D eigenvalue weighted by Gasteiger charge is -2.24. The first kappa shape index (κ1) is 17.8. The van der Waals surface area contributed by atoms with Gasteiger partial charge in [-0.05, 0) is 37.5 Å². The predicted octanol–water partition coefficient (Wildman–Crippen LogP) is 3.45. The van der Waals surface area contributed by atoms with Gasteiger partial charge < -0.3 is 10.6 Å². The highest BCUT2D eigenvalue weighted by atomic mass is 16.2. The zero-order valence-electron chi connectivity index (χ0n) is 14.2. The average molecular weight is 318 g/mol. The number of nitrogens with one attached hydrogen (secondary N) is 2. The van der Waals surface area contributed by atoms with Crippen LogP contribution in [-0.2, 0) is 9.59 Å². The maximum Gasteiger partial charge on any atom is 0.248 e. The minimum atomic E-state index is -0.138. The largest absolute Gasteiger partial charge is 0.335 e. The summed E-state index contributed by atoms with van der Waals surface area (Å²) in [5.74, 6) is 0.328. The van der Waals surface area contributed by atoms with E-state index in [9.17, 15) is 9.59 Å². The summed E-state index contributed by atoms with van der Waals surface area (Å²) in [5, 5.41) is 5.51. The Hall–Kier alpha value is -1.58. The van der Waals surface area contributed by atoms with Gasteiger partial charge in [0.2, 0.25) is 11.8 Å². The Morgan fingerprint density at radius 3 is 1.39 bits per heavy atom. The van der Waals surface area contributed by atoms with Crippen LogP contribution < -0.4 is 10.6 Å². The number of hydrogen-bond acceptors (Lipinski definition) is 2. The van der Waals surface area contributed by atoms with Crippen molar-refractivity contribution in [1.82, 2.24) is 10.6 Å². The van der Waals surface area contributed by atoms with Crippen LogP contribution in [0.15, 0.2) is 24.3 Å². The number of amides is 2. The summed E-state index contributed by atoms with van der Waals surface area (Å²) in [6, 6.07) is 0. The van der Waals surface area contributed by atoms with Crippen molar-refractivity contribution in [3.8, 4) is 0 Å². The summed E-state index contributed by atoms with van der Waals surface area (Å²) in [6.07, 6.45) is 11.4. The molecule has 2 N–H and O–H groups in total. The van der Waals surface area contributed by atoms with Crippen molar-refractivity contribution >= 4 is 11.8 Å². The van der Waals surface area contributed by atoms with E-state index in [0.717, 1.165) is 25.7 Å². The highest BCUT2D eigenvalue weighted by Gasteiger charge is 2.23. The van der Waals surface area contributed by atoms with E-state index in [1.807, 2.05) is 0 Å². The van der Waals surface area contributed by atoms with Crippen LogP contribution in [0, 0.1) is 11.8 Å². The molecule has 4 heteroatoms. The normalized spacial score (nSPS) is 19.8. The Morgan fingerprint density at radius 2 is 1.04 bits per heavy atom. The van der Waals surface area contributed by atoms with E-state index < -0.39 is 0 Å². The molecule has 0 aromatic heterocycles. The van der Waals surface area contributed by atoms with Gasteiger partial charge in [0.15, 0.2) is 0 Å². The summed E-state index contributed by atoms with van der Waals surface area (Å²) >= 11 is 0. The number of carbonyl (C=O) groups is 2. The molecule has 2 fully saturated rings. The van der Waals surface area contributed by atoms with Crippen LogP contribution in [0.1, 0.15) is 64.2 Å². The average Bonchev–Trinajstić information content (AvgIpc) is 2.61. The Bertz CT molecular complexity index is 416. The molecule has 0 aromatic rings. The molecule has 2 amide bonds. The Morgan fingerprint density at radius 1 is 0.696 bits per heavy atom. The van der Waals surface area contributed by atoms with E-state index in [1.165, 1.54) is 38.5 Å². The molecular formula is C19H30N2O2. The third-order valence-electron chi connectivity index (χ3n) is 5.28. The molecule has 2 saturated carbocycles. The van der Waals surface area contributed by atoms with E-state index in [2.05, 4.69) is 23.8 Å². The first-order valence-electron chi connectivity index (χ1n) is 9.03.